The first kappa shape index (κ1) is 26.7. The maximum atomic E-state index is 6.58. The second kappa shape index (κ2) is 10.3. The van der Waals surface area contributed by atoms with Crippen LogP contribution in [0.15, 0.2) is 108 Å². The SMILES string of the molecule is CC1=C(C)N(c2cccc(Oc3cc4c(-c5cc(C(C)(C)C)ccn5)cc5ccsc5c4s3)c2)CN1c1ccccc1. The number of thiophene rings is 2. The van der Waals surface area contributed by atoms with Crippen LogP contribution in [0.2, 0.25) is 0 Å². The summed E-state index contributed by atoms with van der Waals surface area (Å²) in [6, 6.07) is 30.0. The molecule has 0 saturated carbocycles. The number of anilines is 2. The number of para-hydroxylation sites is 1. The number of nitrogens with zero attached hydrogens (tertiary/aromatic N) is 3. The van der Waals surface area contributed by atoms with Gasteiger partial charge in [0.05, 0.1) is 21.8 Å². The number of hydrogen-bond donors (Lipinski definition) is 0. The van der Waals surface area contributed by atoms with Gasteiger partial charge in [0.15, 0.2) is 5.06 Å². The Morgan fingerprint density at radius 1 is 0.786 bits per heavy atom. The van der Waals surface area contributed by atoms with Gasteiger partial charge in [0.2, 0.25) is 0 Å². The number of hydrogen-bond acceptors (Lipinski definition) is 6. The molecule has 210 valence electrons. The Hall–Kier alpha value is -4.13. The molecule has 4 heterocycles. The molecule has 4 nitrogen and oxygen atoms in total. The maximum absolute atomic E-state index is 6.58. The molecule has 3 aromatic heterocycles. The molecule has 0 unspecified atom stereocenters. The molecule has 1 aliphatic heterocycles. The lowest BCUT2D eigenvalue weighted by atomic mass is 9.86. The zero-order valence-electron chi connectivity index (χ0n) is 24.5. The van der Waals surface area contributed by atoms with Crippen LogP contribution in [0.25, 0.3) is 31.4 Å². The van der Waals surface area contributed by atoms with Gasteiger partial charge < -0.3 is 14.5 Å². The monoisotopic (exact) mass is 587 g/mol. The molecular weight excluding hydrogens is 555 g/mol. The molecule has 0 N–H and O–H groups in total. The van der Waals surface area contributed by atoms with Gasteiger partial charge in [-0.25, -0.2) is 0 Å². The van der Waals surface area contributed by atoms with Gasteiger partial charge in [-0.3, -0.25) is 4.98 Å². The lowest BCUT2D eigenvalue weighted by molar-refractivity contribution is 0.497. The van der Waals surface area contributed by atoms with Crippen molar-refractivity contribution in [2.75, 3.05) is 16.5 Å². The van der Waals surface area contributed by atoms with Gasteiger partial charge in [0.25, 0.3) is 0 Å². The number of benzene rings is 3. The van der Waals surface area contributed by atoms with E-state index in [9.17, 15) is 0 Å². The standard InChI is InChI=1S/C36H33N3OS2/c1-23-24(2)39(22-38(23)27-10-7-6-8-11-27)28-12-9-13-29(20-28)40-33-21-31-30(18-25-15-17-41-34(25)35(31)42-33)32-19-26(14-16-37-32)36(3,4)5/h6-21H,22H2,1-5H3. The molecule has 0 saturated heterocycles. The van der Waals surface area contributed by atoms with E-state index < -0.39 is 0 Å². The molecule has 0 radical (unpaired) electrons. The fraction of sp³-hybridized carbons (Fsp3) is 0.194. The third kappa shape index (κ3) is 4.75. The lowest BCUT2D eigenvalue weighted by Crippen LogP contribution is -2.26. The van der Waals surface area contributed by atoms with Gasteiger partial charge in [-0.1, -0.05) is 56.4 Å². The third-order valence-corrected chi connectivity index (χ3v) is 10.2. The topological polar surface area (TPSA) is 28.6 Å². The molecule has 0 atom stereocenters. The minimum atomic E-state index is 0.0524. The van der Waals surface area contributed by atoms with Crippen molar-refractivity contribution in [3.8, 4) is 22.1 Å². The fourth-order valence-electron chi connectivity index (χ4n) is 5.63. The Balaban J connectivity index is 1.23. The first-order valence-electron chi connectivity index (χ1n) is 14.2. The van der Waals surface area contributed by atoms with Crippen molar-refractivity contribution in [1.82, 2.24) is 4.98 Å². The van der Waals surface area contributed by atoms with E-state index in [4.69, 9.17) is 9.72 Å². The molecule has 7 rings (SSSR count). The summed E-state index contributed by atoms with van der Waals surface area (Å²) in [4.78, 5) is 9.51. The maximum Gasteiger partial charge on any atom is 0.182 e. The van der Waals surface area contributed by atoms with Gasteiger partial charge in [-0.05, 0) is 84.1 Å². The molecule has 0 amide bonds. The largest absolute Gasteiger partial charge is 0.447 e. The van der Waals surface area contributed by atoms with E-state index in [0.717, 1.165) is 34.4 Å². The fourth-order valence-corrected chi connectivity index (χ4v) is 7.73. The van der Waals surface area contributed by atoms with E-state index in [-0.39, 0.29) is 5.41 Å². The Bertz CT molecular complexity index is 1960. The van der Waals surface area contributed by atoms with E-state index in [1.165, 1.54) is 42.8 Å². The summed E-state index contributed by atoms with van der Waals surface area (Å²) in [5.74, 6) is 0.833. The van der Waals surface area contributed by atoms with E-state index in [1.54, 1.807) is 22.7 Å². The van der Waals surface area contributed by atoms with Crippen LogP contribution in [0.4, 0.5) is 11.4 Å². The molecule has 42 heavy (non-hydrogen) atoms. The van der Waals surface area contributed by atoms with Crippen LogP contribution in [0.1, 0.15) is 40.2 Å². The van der Waals surface area contributed by atoms with Gasteiger partial charge in [0.1, 0.15) is 5.75 Å². The minimum absolute atomic E-state index is 0.0524. The molecule has 0 bridgehead atoms. The average molecular weight is 588 g/mol. The van der Waals surface area contributed by atoms with E-state index in [0.29, 0.717) is 0 Å². The highest BCUT2D eigenvalue weighted by Crippen LogP contribution is 2.45. The van der Waals surface area contributed by atoms with Crippen LogP contribution in [-0.2, 0) is 5.41 Å². The van der Waals surface area contributed by atoms with Crippen LogP contribution in [0, 0.1) is 0 Å². The second-order valence-corrected chi connectivity index (χ2v) is 13.8. The Morgan fingerprint density at radius 3 is 2.33 bits per heavy atom. The highest BCUT2D eigenvalue weighted by Gasteiger charge is 2.26. The van der Waals surface area contributed by atoms with Crippen molar-refractivity contribution >= 4 is 54.2 Å². The van der Waals surface area contributed by atoms with Crippen molar-refractivity contribution in [3.63, 3.8) is 0 Å². The summed E-state index contributed by atoms with van der Waals surface area (Å²) in [6.45, 7) is 11.9. The summed E-state index contributed by atoms with van der Waals surface area (Å²) in [6.07, 6.45) is 1.93. The van der Waals surface area contributed by atoms with E-state index in [1.807, 2.05) is 12.3 Å². The van der Waals surface area contributed by atoms with Gasteiger partial charge in [-0.15, -0.1) is 11.3 Å². The van der Waals surface area contributed by atoms with E-state index in [2.05, 4.69) is 129 Å². The summed E-state index contributed by atoms with van der Waals surface area (Å²) >= 11 is 3.49. The number of aromatic nitrogens is 1. The summed E-state index contributed by atoms with van der Waals surface area (Å²) in [7, 11) is 0. The Labute approximate surface area is 255 Å². The molecule has 0 fully saturated rings. The highest BCUT2D eigenvalue weighted by atomic mass is 32.1. The number of ether oxygens (including phenoxy) is 1. The summed E-state index contributed by atoms with van der Waals surface area (Å²) in [5, 5.41) is 5.48. The van der Waals surface area contributed by atoms with Crippen molar-refractivity contribution in [2.45, 2.75) is 40.0 Å². The lowest BCUT2D eigenvalue weighted by Gasteiger charge is -2.24. The second-order valence-electron chi connectivity index (χ2n) is 11.9. The van der Waals surface area contributed by atoms with Crippen molar-refractivity contribution in [3.05, 3.63) is 113 Å². The molecule has 0 spiro atoms. The zero-order valence-corrected chi connectivity index (χ0v) is 26.1. The average Bonchev–Trinajstić information content (AvgIpc) is 3.70. The van der Waals surface area contributed by atoms with E-state index >= 15 is 0 Å². The number of allylic oxidation sites excluding steroid dienone is 2. The number of fused-ring (bicyclic) bond motifs is 3. The molecule has 0 aliphatic carbocycles. The highest BCUT2D eigenvalue weighted by molar-refractivity contribution is 7.27. The molecule has 1 aliphatic rings. The normalized spacial score (nSPS) is 14.0. The smallest absolute Gasteiger partial charge is 0.182 e. The van der Waals surface area contributed by atoms with Crippen molar-refractivity contribution in [1.29, 1.82) is 0 Å². The van der Waals surface area contributed by atoms with Crippen molar-refractivity contribution in [2.24, 2.45) is 0 Å². The molecule has 6 aromatic rings. The minimum Gasteiger partial charge on any atom is -0.447 e. The predicted molar refractivity (Wildman–Crippen MR) is 180 cm³/mol. The van der Waals surface area contributed by atoms with Crippen LogP contribution in [0.5, 0.6) is 10.8 Å². The quantitative estimate of drug-likeness (QED) is 0.201. The van der Waals surface area contributed by atoms with Crippen LogP contribution >= 0.6 is 22.7 Å². The Kier molecular flexibility index (Phi) is 6.56. The van der Waals surface area contributed by atoms with Crippen molar-refractivity contribution < 1.29 is 4.74 Å². The predicted octanol–water partition coefficient (Wildman–Crippen LogP) is 10.8. The first-order valence-corrected chi connectivity index (χ1v) is 15.9. The molecule has 6 heteroatoms. The van der Waals surface area contributed by atoms with Crippen LogP contribution < -0.4 is 14.5 Å². The number of pyridine rings is 1. The third-order valence-electron chi connectivity index (χ3n) is 8.14. The van der Waals surface area contributed by atoms with Gasteiger partial charge >= 0.3 is 0 Å². The Morgan fingerprint density at radius 2 is 1.55 bits per heavy atom. The van der Waals surface area contributed by atoms with Gasteiger partial charge in [0, 0.05) is 52.0 Å². The van der Waals surface area contributed by atoms with Crippen LogP contribution in [0.3, 0.4) is 0 Å². The zero-order chi connectivity index (χ0) is 29.0. The number of rotatable bonds is 5. The first-order chi connectivity index (χ1) is 20.3. The molecule has 3 aromatic carbocycles. The van der Waals surface area contributed by atoms with Gasteiger partial charge in [-0.2, -0.15) is 0 Å². The molecular formula is C36H33N3OS2. The summed E-state index contributed by atoms with van der Waals surface area (Å²) in [5.41, 5.74) is 8.30. The summed E-state index contributed by atoms with van der Waals surface area (Å²) < 4.78 is 9.12. The van der Waals surface area contributed by atoms with Crippen LogP contribution in [-0.4, -0.2) is 11.7 Å².